The molecule has 0 bridgehead atoms. The fourth-order valence-corrected chi connectivity index (χ4v) is 4.80. The Kier molecular flexibility index (Phi) is 7.47. The maximum Gasteiger partial charge on any atom is 0.343 e. The predicted molar refractivity (Wildman–Crippen MR) is 117 cm³/mol. The van der Waals surface area contributed by atoms with Gasteiger partial charge in [-0.25, -0.2) is 31.8 Å². The van der Waals surface area contributed by atoms with Crippen molar-refractivity contribution in [2.75, 3.05) is 26.5 Å². The molecule has 0 unspecified atom stereocenters. The van der Waals surface area contributed by atoms with Crippen molar-refractivity contribution in [3.63, 3.8) is 0 Å². The molecule has 1 saturated heterocycles. The van der Waals surface area contributed by atoms with E-state index >= 15 is 4.39 Å². The minimum absolute atomic E-state index is 0.0786. The van der Waals surface area contributed by atoms with Gasteiger partial charge in [0.15, 0.2) is 0 Å². The van der Waals surface area contributed by atoms with E-state index in [0.717, 1.165) is 5.06 Å². The number of hydroxylamine groups is 2. The molecule has 0 spiro atoms. The van der Waals surface area contributed by atoms with Gasteiger partial charge in [0.1, 0.15) is 11.6 Å². The summed E-state index contributed by atoms with van der Waals surface area (Å²) in [7, 11) is -0.735. The van der Waals surface area contributed by atoms with Crippen LogP contribution in [0.3, 0.4) is 0 Å². The van der Waals surface area contributed by atoms with Gasteiger partial charge in [-0.1, -0.05) is 30.3 Å². The van der Waals surface area contributed by atoms with E-state index in [1.165, 1.54) is 44.2 Å². The minimum atomic E-state index is -3.54. The summed E-state index contributed by atoms with van der Waals surface area (Å²) in [6.07, 6.45) is 0.466. The van der Waals surface area contributed by atoms with Crippen molar-refractivity contribution < 1.29 is 26.8 Å². The van der Waals surface area contributed by atoms with Gasteiger partial charge in [-0.05, 0) is 43.0 Å². The van der Waals surface area contributed by atoms with Gasteiger partial charge in [0.05, 0.1) is 18.9 Å². The molecule has 2 atom stereocenters. The van der Waals surface area contributed by atoms with Crippen LogP contribution in [0.5, 0.6) is 0 Å². The van der Waals surface area contributed by atoms with Gasteiger partial charge in [0, 0.05) is 25.2 Å². The van der Waals surface area contributed by atoms with Crippen molar-refractivity contribution in [2.24, 2.45) is 0 Å². The standard InChI is InChI=1S/C22H27F2N3O4S/c1-4-32(29,30)25-19-11-12-27(22(28)26(2)31-3)20(19)14-16-8-6-10-18(21(16)24)15-7-5-9-17(23)13-15/h5-10,13,19-20,25H,4,11-12,14H2,1-3H3/t19-,20-/m0/s1. The number of carbonyl (C=O) groups is 1. The molecule has 3 rings (SSSR count). The molecule has 174 valence electrons. The molecule has 2 amide bonds. The van der Waals surface area contributed by atoms with Crippen LogP contribution in [0.25, 0.3) is 11.1 Å². The fourth-order valence-electron chi connectivity index (χ4n) is 3.90. The van der Waals surface area contributed by atoms with Crippen LogP contribution in [-0.2, 0) is 21.3 Å². The molecular weight excluding hydrogens is 440 g/mol. The zero-order valence-electron chi connectivity index (χ0n) is 18.2. The van der Waals surface area contributed by atoms with Crippen molar-refractivity contribution in [2.45, 2.75) is 31.8 Å². The van der Waals surface area contributed by atoms with Crippen molar-refractivity contribution in [1.82, 2.24) is 14.7 Å². The molecule has 1 N–H and O–H groups in total. The van der Waals surface area contributed by atoms with Gasteiger partial charge >= 0.3 is 6.03 Å². The van der Waals surface area contributed by atoms with Crippen molar-refractivity contribution in [1.29, 1.82) is 0 Å². The highest BCUT2D eigenvalue weighted by molar-refractivity contribution is 7.89. The molecule has 2 aromatic carbocycles. The van der Waals surface area contributed by atoms with Crippen LogP contribution in [0.2, 0.25) is 0 Å². The number of benzene rings is 2. The molecule has 1 aliphatic heterocycles. The number of nitrogens with one attached hydrogen (secondary N) is 1. The molecule has 0 radical (unpaired) electrons. The van der Waals surface area contributed by atoms with E-state index in [-0.39, 0.29) is 17.7 Å². The van der Waals surface area contributed by atoms with Crippen LogP contribution in [0.15, 0.2) is 42.5 Å². The summed E-state index contributed by atoms with van der Waals surface area (Å²) in [5.41, 5.74) is 0.931. The molecule has 32 heavy (non-hydrogen) atoms. The number of urea groups is 1. The van der Waals surface area contributed by atoms with Gasteiger partial charge in [0.2, 0.25) is 10.0 Å². The third-order valence-corrected chi connectivity index (χ3v) is 7.11. The number of amides is 2. The zero-order chi connectivity index (χ0) is 23.5. The molecule has 2 aromatic rings. The van der Waals surface area contributed by atoms with Crippen LogP contribution in [0.1, 0.15) is 18.9 Å². The zero-order valence-corrected chi connectivity index (χ0v) is 19.0. The number of halogens is 2. The Balaban J connectivity index is 1.96. The van der Waals surface area contributed by atoms with Crippen LogP contribution in [-0.4, -0.2) is 63.0 Å². The first-order valence-electron chi connectivity index (χ1n) is 10.3. The first-order valence-corrected chi connectivity index (χ1v) is 11.9. The van der Waals surface area contributed by atoms with Gasteiger partial charge < -0.3 is 4.90 Å². The average molecular weight is 468 g/mol. The Morgan fingerprint density at radius 2 is 1.97 bits per heavy atom. The number of hydrogen-bond donors (Lipinski definition) is 1. The van der Waals surface area contributed by atoms with Crippen molar-refractivity contribution >= 4 is 16.1 Å². The van der Waals surface area contributed by atoms with Gasteiger partial charge in [-0.3, -0.25) is 4.84 Å². The maximum atomic E-state index is 15.4. The quantitative estimate of drug-likeness (QED) is 0.635. The molecule has 10 heteroatoms. The third kappa shape index (κ3) is 5.25. The summed E-state index contributed by atoms with van der Waals surface area (Å²) in [6.45, 7) is 1.81. The summed E-state index contributed by atoms with van der Waals surface area (Å²) >= 11 is 0. The first kappa shape index (κ1) is 24.1. The minimum Gasteiger partial charge on any atom is -0.318 e. The molecular formula is C22H27F2N3O4S. The molecule has 0 aliphatic carbocycles. The lowest BCUT2D eigenvalue weighted by molar-refractivity contribution is -0.0770. The van der Waals surface area contributed by atoms with Crippen LogP contribution >= 0.6 is 0 Å². The Morgan fingerprint density at radius 3 is 2.62 bits per heavy atom. The Bertz CT molecular complexity index is 1080. The van der Waals surface area contributed by atoms with Crippen LogP contribution < -0.4 is 4.72 Å². The second-order valence-electron chi connectivity index (χ2n) is 7.63. The van der Waals surface area contributed by atoms with E-state index in [1.54, 1.807) is 24.3 Å². The van der Waals surface area contributed by atoms with E-state index in [1.807, 2.05) is 0 Å². The van der Waals surface area contributed by atoms with Gasteiger partial charge in [0.25, 0.3) is 0 Å². The molecule has 7 nitrogen and oxygen atoms in total. The molecule has 1 aliphatic rings. The largest absolute Gasteiger partial charge is 0.343 e. The number of carbonyl (C=O) groups excluding carboxylic acids is 1. The lowest BCUT2D eigenvalue weighted by Crippen LogP contribution is -2.51. The smallest absolute Gasteiger partial charge is 0.318 e. The Morgan fingerprint density at radius 1 is 1.25 bits per heavy atom. The molecule has 1 fully saturated rings. The van der Waals surface area contributed by atoms with Crippen LogP contribution in [0, 0.1) is 11.6 Å². The summed E-state index contributed by atoms with van der Waals surface area (Å²) < 4.78 is 56.1. The normalized spacial score (nSPS) is 18.7. The summed E-state index contributed by atoms with van der Waals surface area (Å²) in [6, 6.07) is 8.80. The van der Waals surface area contributed by atoms with E-state index < -0.39 is 39.8 Å². The number of hydrogen-bond acceptors (Lipinski definition) is 4. The molecule has 0 aromatic heterocycles. The predicted octanol–water partition coefficient (Wildman–Crippen LogP) is 3.17. The number of rotatable bonds is 7. The van der Waals surface area contributed by atoms with E-state index in [2.05, 4.69) is 4.72 Å². The highest BCUT2D eigenvalue weighted by Gasteiger charge is 2.40. The number of nitrogens with zero attached hydrogens (tertiary/aromatic N) is 2. The summed E-state index contributed by atoms with van der Waals surface area (Å²) in [5, 5.41) is 1.04. The van der Waals surface area contributed by atoms with E-state index in [4.69, 9.17) is 4.84 Å². The van der Waals surface area contributed by atoms with Crippen molar-refractivity contribution in [3.8, 4) is 11.1 Å². The van der Waals surface area contributed by atoms with Crippen molar-refractivity contribution in [3.05, 3.63) is 59.7 Å². The summed E-state index contributed by atoms with van der Waals surface area (Å²) in [4.78, 5) is 19.3. The lowest BCUT2D eigenvalue weighted by atomic mass is 9.96. The molecule has 1 heterocycles. The monoisotopic (exact) mass is 467 g/mol. The summed E-state index contributed by atoms with van der Waals surface area (Å²) in [5.74, 6) is -1.11. The van der Waals surface area contributed by atoms with E-state index in [9.17, 15) is 17.6 Å². The fraction of sp³-hybridized carbons (Fsp3) is 0.409. The van der Waals surface area contributed by atoms with Crippen LogP contribution in [0.4, 0.5) is 13.6 Å². The second-order valence-corrected chi connectivity index (χ2v) is 9.68. The average Bonchev–Trinajstić information content (AvgIpc) is 3.15. The van der Waals surface area contributed by atoms with Gasteiger partial charge in [-0.2, -0.15) is 0 Å². The second kappa shape index (κ2) is 9.93. The highest BCUT2D eigenvalue weighted by atomic mass is 32.2. The molecule has 0 saturated carbocycles. The Hall–Kier alpha value is -2.56. The SMILES string of the molecule is CCS(=O)(=O)N[C@H]1CCN(C(=O)N(C)OC)[C@H]1Cc1cccc(-c2cccc(F)c2)c1F. The van der Waals surface area contributed by atoms with E-state index in [0.29, 0.717) is 24.1 Å². The highest BCUT2D eigenvalue weighted by Crippen LogP contribution is 2.29. The number of sulfonamides is 1. The maximum absolute atomic E-state index is 15.4. The number of likely N-dealkylation sites (tertiary alicyclic amines) is 1. The topological polar surface area (TPSA) is 79.0 Å². The first-order chi connectivity index (χ1) is 15.2. The third-order valence-electron chi connectivity index (χ3n) is 5.69. The lowest BCUT2D eigenvalue weighted by Gasteiger charge is -2.31. The van der Waals surface area contributed by atoms with Gasteiger partial charge in [-0.15, -0.1) is 0 Å². The Labute approximate surface area is 187 Å².